The number of carbonyl (C=O) groups is 1. The number of nitrogens with zero attached hydrogens (tertiary/aromatic N) is 2. The van der Waals surface area contributed by atoms with E-state index in [4.69, 9.17) is 38.5 Å². The van der Waals surface area contributed by atoms with Crippen molar-refractivity contribution in [3.63, 3.8) is 0 Å². The van der Waals surface area contributed by atoms with Gasteiger partial charge in [-0.2, -0.15) is 0 Å². The number of methoxy groups -OCH3 is 1. The molecule has 7 nitrogen and oxygen atoms in total. The van der Waals surface area contributed by atoms with Crippen LogP contribution in [0.3, 0.4) is 0 Å². The highest BCUT2D eigenvalue weighted by atomic mass is 35.5. The Kier molecular flexibility index (Phi) is 5.71. The zero-order valence-corrected chi connectivity index (χ0v) is 15.1. The number of ether oxygens (including phenoxy) is 1. The molecule has 1 aromatic carbocycles. The minimum Gasteiger partial charge on any atom is -0.504 e. The minimum absolute atomic E-state index is 0.100. The molecule has 1 heterocycles. The van der Waals surface area contributed by atoms with Gasteiger partial charge in [0.2, 0.25) is 0 Å². The summed E-state index contributed by atoms with van der Waals surface area (Å²) in [5.41, 5.74) is 7.37. The number of hydrogen-bond acceptors (Lipinski definition) is 6. The molecule has 2 aromatic rings. The summed E-state index contributed by atoms with van der Waals surface area (Å²) in [6, 6.07) is 3.97. The van der Waals surface area contributed by atoms with Crippen LogP contribution in [0.25, 0.3) is 0 Å². The summed E-state index contributed by atoms with van der Waals surface area (Å²) in [5, 5.41) is 13.6. The number of aromatic hydroxyl groups is 1. The van der Waals surface area contributed by atoms with E-state index in [0.29, 0.717) is 16.3 Å². The van der Waals surface area contributed by atoms with E-state index in [1.807, 2.05) is 0 Å². The first-order valence-electron chi connectivity index (χ1n) is 7.00. The van der Waals surface area contributed by atoms with Gasteiger partial charge in [-0.05, 0) is 37.6 Å². The SMILES string of the molecule is COc1cc(C(=O)O/N=C(\N)c2c(Cl)nc(C)c(Cl)c2C)ccc1O. The normalized spacial score (nSPS) is 11.3. The van der Waals surface area contributed by atoms with Gasteiger partial charge in [0.15, 0.2) is 17.3 Å². The number of aryl methyl sites for hydroxylation is 1. The van der Waals surface area contributed by atoms with Gasteiger partial charge >= 0.3 is 5.97 Å². The van der Waals surface area contributed by atoms with Crippen LogP contribution >= 0.6 is 23.2 Å². The number of nitrogens with two attached hydrogens (primary N) is 1. The average Bonchev–Trinajstić information content (AvgIpc) is 2.58. The number of halogens is 2. The molecule has 0 aliphatic heterocycles. The van der Waals surface area contributed by atoms with Crippen molar-refractivity contribution in [2.24, 2.45) is 10.9 Å². The Hall–Kier alpha value is -2.51. The first-order chi connectivity index (χ1) is 11.8. The van der Waals surface area contributed by atoms with Crippen molar-refractivity contribution in [1.82, 2.24) is 4.98 Å². The average molecular weight is 384 g/mol. The number of phenolic OH excluding ortho intramolecular Hbond substituents is 1. The maximum absolute atomic E-state index is 12.1. The Bertz CT molecular complexity index is 869. The first kappa shape index (κ1) is 18.8. The van der Waals surface area contributed by atoms with Crippen LogP contribution in [0, 0.1) is 13.8 Å². The molecule has 0 fully saturated rings. The Balaban J connectivity index is 2.27. The number of pyridine rings is 1. The zero-order chi connectivity index (χ0) is 18.7. The van der Waals surface area contributed by atoms with Crippen LogP contribution in [0.15, 0.2) is 23.4 Å². The highest BCUT2D eigenvalue weighted by molar-refractivity contribution is 6.36. The first-order valence-corrected chi connectivity index (χ1v) is 7.76. The van der Waals surface area contributed by atoms with Crippen molar-refractivity contribution >= 4 is 35.0 Å². The third kappa shape index (κ3) is 3.94. The molecule has 3 N–H and O–H groups in total. The predicted molar refractivity (Wildman–Crippen MR) is 94.5 cm³/mol. The molecular weight excluding hydrogens is 369 g/mol. The maximum Gasteiger partial charge on any atom is 0.365 e. The summed E-state index contributed by atoms with van der Waals surface area (Å²) in [4.78, 5) is 20.9. The number of rotatable bonds is 4. The summed E-state index contributed by atoms with van der Waals surface area (Å²) in [6.45, 7) is 3.41. The number of carbonyl (C=O) groups excluding carboxylic acids is 1. The van der Waals surface area contributed by atoms with Gasteiger partial charge in [0.05, 0.1) is 29.0 Å². The molecule has 2 rings (SSSR count). The molecule has 132 valence electrons. The Morgan fingerprint density at radius 3 is 2.64 bits per heavy atom. The van der Waals surface area contributed by atoms with Gasteiger partial charge in [0.1, 0.15) is 5.15 Å². The van der Waals surface area contributed by atoms with Crippen molar-refractivity contribution in [2.45, 2.75) is 13.8 Å². The summed E-state index contributed by atoms with van der Waals surface area (Å²) in [7, 11) is 1.36. The van der Waals surface area contributed by atoms with Crippen molar-refractivity contribution in [2.75, 3.05) is 7.11 Å². The van der Waals surface area contributed by atoms with E-state index in [0.717, 1.165) is 0 Å². The van der Waals surface area contributed by atoms with Crippen LogP contribution in [0.2, 0.25) is 10.2 Å². The van der Waals surface area contributed by atoms with Crippen LogP contribution in [-0.2, 0) is 4.84 Å². The van der Waals surface area contributed by atoms with E-state index in [1.54, 1.807) is 13.8 Å². The van der Waals surface area contributed by atoms with E-state index in [2.05, 4.69) is 10.1 Å². The topological polar surface area (TPSA) is 107 Å². The van der Waals surface area contributed by atoms with Crippen LogP contribution in [0.4, 0.5) is 0 Å². The molecule has 0 saturated carbocycles. The fourth-order valence-corrected chi connectivity index (χ4v) is 2.58. The Labute approximate surface area is 154 Å². The van der Waals surface area contributed by atoms with Crippen molar-refractivity contribution in [3.05, 3.63) is 50.8 Å². The molecule has 0 aliphatic carbocycles. The number of phenols is 1. The molecule has 1 aromatic heterocycles. The molecular formula is C16H15Cl2N3O4. The van der Waals surface area contributed by atoms with Gasteiger partial charge in [-0.1, -0.05) is 28.4 Å². The van der Waals surface area contributed by atoms with Gasteiger partial charge in [-0.25, -0.2) is 9.78 Å². The lowest BCUT2D eigenvalue weighted by Gasteiger charge is -2.10. The lowest BCUT2D eigenvalue weighted by atomic mass is 10.1. The molecule has 0 spiro atoms. The smallest absolute Gasteiger partial charge is 0.365 e. The van der Waals surface area contributed by atoms with Crippen LogP contribution in [-0.4, -0.2) is 29.0 Å². The lowest BCUT2D eigenvalue weighted by molar-refractivity contribution is 0.0515. The molecule has 25 heavy (non-hydrogen) atoms. The third-order valence-corrected chi connectivity index (χ3v) is 4.22. The molecule has 0 amide bonds. The van der Waals surface area contributed by atoms with Gasteiger partial charge < -0.3 is 20.4 Å². The quantitative estimate of drug-likeness (QED) is 0.276. The van der Waals surface area contributed by atoms with Crippen LogP contribution < -0.4 is 10.5 Å². The molecule has 0 unspecified atom stereocenters. The molecule has 0 radical (unpaired) electrons. The number of amidine groups is 1. The molecule has 0 aliphatic rings. The highest BCUT2D eigenvalue weighted by Gasteiger charge is 2.17. The second-order valence-electron chi connectivity index (χ2n) is 5.04. The molecule has 0 atom stereocenters. The van der Waals surface area contributed by atoms with Crippen molar-refractivity contribution in [3.8, 4) is 11.5 Å². The third-order valence-electron chi connectivity index (χ3n) is 3.39. The molecule has 9 heteroatoms. The minimum atomic E-state index is -0.791. The Morgan fingerprint density at radius 1 is 1.32 bits per heavy atom. The number of oxime groups is 1. The number of aromatic nitrogens is 1. The summed E-state index contributed by atoms with van der Waals surface area (Å²) in [6.07, 6.45) is 0. The lowest BCUT2D eigenvalue weighted by Crippen LogP contribution is -2.18. The zero-order valence-electron chi connectivity index (χ0n) is 13.6. The van der Waals surface area contributed by atoms with E-state index < -0.39 is 5.97 Å². The monoisotopic (exact) mass is 383 g/mol. The number of benzene rings is 1. The van der Waals surface area contributed by atoms with Crippen LogP contribution in [0.5, 0.6) is 11.5 Å². The summed E-state index contributed by atoms with van der Waals surface area (Å²) < 4.78 is 4.93. The van der Waals surface area contributed by atoms with E-state index in [-0.39, 0.29) is 33.6 Å². The standard InChI is InChI=1S/C16H15Cl2N3O4/c1-7-12(14(18)20-8(2)13(7)17)15(19)21-25-16(23)9-4-5-10(22)11(6-9)24-3/h4-6,22H,1-3H3,(H2,19,21). The van der Waals surface area contributed by atoms with Crippen molar-refractivity contribution < 1.29 is 19.5 Å². The fourth-order valence-electron chi connectivity index (χ4n) is 2.08. The van der Waals surface area contributed by atoms with Crippen molar-refractivity contribution in [1.29, 1.82) is 0 Å². The largest absolute Gasteiger partial charge is 0.504 e. The fraction of sp³-hybridized carbons (Fsp3) is 0.188. The van der Waals surface area contributed by atoms with Gasteiger partial charge in [0, 0.05) is 0 Å². The summed E-state index contributed by atoms with van der Waals surface area (Å²) in [5.74, 6) is -0.915. The molecule has 0 bridgehead atoms. The van der Waals surface area contributed by atoms with E-state index >= 15 is 0 Å². The second-order valence-corrected chi connectivity index (χ2v) is 5.78. The summed E-state index contributed by atoms with van der Waals surface area (Å²) >= 11 is 12.2. The van der Waals surface area contributed by atoms with Gasteiger partial charge in [0.25, 0.3) is 0 Å². The van der Waals surface area contributed by atoms with Crippen LogP contribution in [0.1, 0.15) is 27.2 Å². The Morgan fingerprint density at radius 2 is 2.00 bits per heavy atom. The highest BCUT2D eigenvalue weighted by Crippen LogP contribution is 2.28. The molecule has 0 saturated heterocycles. The van der Waals surface area contributed by atoms with Gasteiger partial charge in [-0.3, -0.25) is 0 Å². The maximum atomic E-state index is 12.1. The second kappa shape index (κ2) is 7.58. The van der Waals surface area contributed by atoms with Gasteiger partial charge in [-0.15, -0.1) is 0 Å². The predicted octanol–water partition coefficient (Wildman–Crippen LogP) is 3.20. The number of hydrogen-bond donors (Lipinski definition) is 2. The van der Waals surface area contributed by atoms with E-state index in [1.165, 1.54) is 25.3 Å². The van der Waals surface area contributed by atoms with E-state index in [9.17, 15) is 9.90 Å².